The maximum atomic E-state index is 13.1. The standard InChI is InChI=1S/C13H14F3NO2/c14-13(15,16)9-1-2-10-11(19-6-5-18-10)8(9)7-12(17)3-4-12/h1-2H,3-7,17H2. The average Bonchev–Trinajstić information content (AvgIpc) is 3.06. The van der Waals surface area contributed by atoms with Crippen LogP contribution in [0.15, 0.2) is 12.1 Å². The molecular formula is C13H14F3NO2. The Labute approximate surface area is 108 Å². The molecule has 104 valence electrons. The van der Waals surface area contributed by atoms with Crippen LogP contribution in [0.3, 0.4) is 0 Å². The molecule has 0 atom stereocenters. The second-order valence-electron chi connectivity index (χ2n) is 5.15. The summed E-state index contributed by atoms with van der Waals surface area (Å²) in [6.45, 7) is 0.616. The maximum Gasteiger partial charge on any atom is 0.416 e. The van der Waals surface area contributed by atoms with E-state index < -0.39 is 17.3 Å². The van der Waals surface area contributed by atoms with Crippen LogP contribution in [-0.4, -0.2) is 18.8 Å². The van der Waals surface area contributed by atoms with E-state index in [0.717, 1.165) is 18.9 Å². The van der Waals surface area contributed by atoms with Gasteiger partial charge >= 0.3 is 6.18 Å². The molecule has 1 aliphatic heterocycles. The molecule has 0 saturated heterocycles. The summed E-state index contributed by atoms with van der Waals surface area (Å²) in [4.78, 5) is 0. The monoisotopic (exact) mass is 273 g/mol. The minimum Gasteiger partial charge on any atom is -0.486 e. The molecule has 2 N–H and O–H groups in total. The van der Waals surface area contributed by atoms with Crippen molar-refractivity contribution < 1.29 is 22.6 Å². The van der Waals surface area contributed by atoms with Crippen molar-refractivity contribution in [3.8, 4) is 11.5 Å². The molecule has 0 radical (unpaired) electrons. The summed E-state index contributed by atoms with van der Waals surface area (Å²) in [5, 5.41) is 0. The van der Waals surface area contributed by atoms with Gasteiger partial charge in [-0.15, -0.1) is 0 Å². The van der Waals surface area contributed by atoms with Crippen molar-refractivity contribution in [1.29, 1.82) is 0 Å². The molecule has 1 fully saturated rings. The number of benzene rings is 1. The van der Waals surface area contributed by atoms with Gasteiger partial charge in [0.05, 0.1) is 5.56 Å². The van der Waals surface area contributed by atoms with Gasteiger partial charge < -0.3 is 15.2 Å². The van der Waals surface area contributed by atoms with E-state index in [1.54, 1.807) is 0 Å². The summed E-state index contributed by atoms with van der Waals surface area (Å²) in [5.74, 6) is 0.580. The van der Waals surface area contributed by atoms with Gasteiger partial charge in [0.25, 0.3) is 0 Å². The van der Waals surface area contributed by atoms with E-state index >= 15 is 0 Å². The zero-order chi connectivity index (χ0) is 13.7. The van der Waals surface area contributed by atoms with E-state index in [-0.39, 0.29) is 24.3 Å². The van der Waals surface area contributed by atoms with E-state index in [9.17, 15) is 13.2 Å². The van der Waals surface area contributed by atoms with Gasteiger partial charge in [0.2, 0.25) is 0 Å². The van der Waals surface area contributed by atoms with Crippen molar-refractivity contribution in [3.05, 3.63) is 23.3 Å². The summed E-state index contributed by atoms with van der Waals surface area (Å²) in [6.07, 6.45) is -2.74. The number of ether oxygens (including phenoxy) is 2. The summed E-state index contributed by atoms with van der Waals surface area (Å²) < 4.78 is 49.9. The highest BCUT2D eigenvalue weighted by molar-refractivity contribution is 5.53. The van der Waals surface area contributed by atoms with Crippen molar-refractivity contribution >= 4 is 0 Å². The van der Waals surface area contributed by atoms with Crippen molar-refractivity contribution in [1.82, 2.24) is 0 Å². The maximum absolute atomic E-state index is 13.1. The number of hydrogen-bond donors (Lipinski definition) is 1. The molecule has 1 saturated carbocycles. The molecule has 19 heavy (non-hydrogen) atoms. The molecule has 6 heteroatoms. The molecule has 0 aromatic heterocycles. The highest BCUT2D eigenvalue weighted by atomic mass is 19.4. The second kappa shape index (κ2) is 4.03. The van der Waals surface area contributed by atoms with Gasteiger partial charge in [-0.3, -0.25) is 0 Å². The molecule has 1 heterocycles. The molecule has 0 bridgehead atoms. The number of fused-ring (bicyclic) bond motifs is 1. The number of halogens is 3. The molecule has 3 rings (SSSR count). The quantitative estimate of drug-likeness (QED) is 0.900. The molecule has 2 aliphatic rings. The highest BCUT2D eigenvalue weighted by Gasteiger charge is 2.43. The fourth-order valence-electron chi connectivity index (χ4n) is 2.30. The number of alkyl halides is 3. The Bertz CT molecular complexity index is 509. The lowest BCUT2D eigenvalue weighted by molar-refractivity contribution is -0.138. The second-order valence-corrected chi connectivity index (χ2v) is 5.15. The first kappa shape index (κ1) is 12.6. The SMILES string of the molecule is NC1(Cc2c(C(F)(F)F)ccc3c2OCCO3)CC1. The van der Waals surface area contributed by atoms with E-state index in [1.165, 1.54) is 6.07 Å². The lowest BCUT2D eigenvalue weighted by atomic mass is 9.97. The number of rotatable bonds is 2. The summed E-state index contributed by atoms with van der Waals surface area (Å²) >= 11 is 0. The minimum absolute atomic E-state index is 0.129. The van der Waals surface area contributed by atoms with Crippen LogP contribution in [0, 0.1) is 0 Å². The van der Waals surface area contributed by atoms with Crippen LogP contribution in [0.1, 0.15) is 24.0 Å². The zero-order valence-corrected chi connectivity index (χ0v) is 10.2. The molecule has 0 amide bonds. The largest absolute Gasteiger partial charge is 0.486 e. The van der Waals surface area contributed by atoms with E-state index in [1.807, 2.05) is 0 Å². The van der Waals surface area contributed by atoms with Gasteiger partial charge in [-0.25, -0.2) is 0 Å². The molecule has 3 nitrogen and oxygen atoms in total. The van der Waals surface area contributed by atoms with Crippen molar-refractivity contribution in [2.24, 2.45) is 5.73 Å². The Kier molecular flexibility index (Phi) is 2.67. The lowest BCUT2D eigenvalue weighted by Gasteiger charge is -2.25. The van der Waals surface area contributed by atoms with Crippen LogP contribution in [0.5, 0.6) is 11.5 Å². The van der Waals surface area contributed by atoms with Crippen molar-refractivity contribution in [2.75, 3.05) is 13.2 Å². The third-order valence-corrected chi connectivity index (χ3v) is 3.54. The number of nitrogens with two attached hydrogens (primary N) is 1. The van der Waals surface area contributed by atoms with Crippen molar-refractivity contribution in [2.45, 2.75) is 31.0 Å². The van der Waals surface area contributed by atoms with Crippen LogP contribution >= 0.6 is 0 Å². The topological polar surface area (TPSA) is 44.5 Å². The van der Waals surface area contributed by atoms with Crippen LogP contribution in [-0.2, 0) is 12.6 Å². The first-order valence-electron chi connectivity index (χ1n) is 6.17. The van der Waals surface area contributed by atoms with Gasteiger partial charge in [-0.05, 0) is 31.4 Å². The Morgan fingerprint density at radius 1 is 1.16 bits per heavy atom. The Hall–Kier alpha value is -1.43. The van der Waals surface area contributed by atoms with Gasteiger partial charge in [0.1, 0.15) is 13.2 Å². The minimum atomic E-state index is -4.41. The van der Waals surface area contributed by atoms with Gasteiger partial charge in [-0.1, -0.05) is 0 Å². The molecule has 1 aliphatic carbocycles. The fraction of sp³-hybridized carbons (Fsp3) is 0.538. The molecule has 1 aromatic carbocycles. The Balaban J connectivity index is 2.09. The first-order valence-corrected chi connectivity index (χ1v) is 6.17. The molecule has 1 aromatic rings. The predicted molar refractivity (Wildman–Crippen MR) is 62.3 cm³/mol. The van der Waals surface area contributed by atoms with Gasteiger partial charge in [0.15, 0.2) is 11.5 Å². The van der Waals surface area contributed by atoms with E-state index in [4.69, 9.17) is 15.2 Å². The predicted octanol–water partition coefficient (Wildman–Crippen LogP) is 2.51. The average molecular weight is 273 g/mol. The highest BCUT2D eigenvalue weighted by Crippen LogP contribution is 2.46. The molecule has 0 unspecified atom stereocenters. The van der Waals surface area contributed by atoms with Crippen LogP contribution in [0.2, 0.25) is 0 Å². The van der Waals surface area contributed by atoms with Gasteiger partial charge in [0, 0.05) is 11.1 Å². The normalized spacial score (nSPS) is 20.2. The summed E-state index contributed by atoms with van der Waals surface area (Å²) in [7, 11) is 0. The zero-order valence-electron chi connectivity index (χ0n) is 10.2. The lowest BCUT2D eigenvalue weighted by Crippen LogP contribution is -2.28. The van der Waals surface area contributed by atoms with E-state index in [0.29, 0.717) is 12.4 Å². The van der Waals surface area contributed by atoms with E-state index in [2.05, 4.69) is 0 Å². The third-order valence-electron chi connectivity index (χ3n) is 3.54. The van der Waals surface area contributed by atoms with Crippen molar-refractivity contribution in [3.63, 3.8) is 0 Å². The first-order chi connectivity index (χ1) is 8.89. The third kappa shape index (κ3) is 2.36. The number of hydrogen-bond acceptors (Lipinski definition) is 3. The fourth-order valence-corrected chi connectivity index (χ4v) is 2.30. The summed E-state index contributed by atoms with van der Waals surface area (Å²) in [5.41, 5.74) is 4.90. The molecular weight excluding hydrogens is 259 g/mol. The van der Waals surface area contributed by atoms with Crippen LogP contribution < -0.4 is 15.2 Å². The Morgan fingerprint density at radius 3 is 2.47 bits per heavy atom. The molecule has 0 spiro atoms. The van der Waals surface area contributed by atoms with Crippen LogP contribution in [0.25, 0.3) is 0 Å². The van der Waals surface area contributed by atoms with Crippen LogP contribution in [0.4, 0.5) is 13.2 Å². The Morgan fingerprint density at radius 2 is 1.84 bits per heavy atom. The summed E-state index contributed by atoms with van der Waals surface area (Å²) in [6, 6.07) is 2.37. The van der Waals surface area contributed by atoms with Gasteiger partial charge in [-0.2, -0.15) is 13.2 Å². The smallest absolute Gasteiger partial charge is 0.416 e.